The molecule has 0 bridgehead atoms. The fraction of sp³-hybridized carbons (Fsp3) is 0.667. The number of ether oxygens (including phenoxy) is 1. The van der Waals surface area contributed by atoms with Crippen molar-refractivity contribution in [3.05, 3.63) is 12.2 Å². The molecular formula is C6H10O2. The van der Waals surface area contributed by atoms with Crippen LogP contribution in [0.3, 0.4) is 0 Å². The molecule has 0 aromatic rings. The molecule has 1 aliphatic rings. The van der Waals surface area contributed by atoms with Gasteiger partial charge in [-0.3, -0.25) is 0 Å². The zero-order valence-electron chi connectivity index (χ0n) is 4.76. The van der Waals surface area contributed by atoms with Crippen LogP contribution >= 0.6 is 0 Å². The number of hydrogen-bond donors (Lipinski definition) is 1. The average molecular weight is 114 g/mol. The summed E-state index contributed by atoms with van der Waals surface area (Å²) < 4.78 is 4.85. The average Bonchev–Trinajstić information content (AvgIpc) is 1.77. The van der Waals surface area contributed by atoms with E-state index in [1.807, 2.05) is 0 Å². The molecule has 0 radical (unpaired) electrons. The molecule has 46 valence electrons. The largest absolute Gasteiger partial charge is 0.364 e. The maximum Gasteiger partial charge on any atom is 0.176 e. The molecule has 0 aromatic heterocycles. The number of hydrogen-bond acceptors (Lipinski definition) is 2. The van der Waals surface area contributed by atoms with Gasteiger partial charge in [-0.1, -0.05) is 6.58 Å². The maximum absolute atomic E-state index is 8.86. The molecule has 0 spiro atoms. The minimum atomic E-state index is -0.691. The highest BCUT2D eigenvalue weighted by Gasteiger charge is 2.12. The van der Waals surface area contributed by atoms with Crippen LogP contribution in [0.25, 0.3) is 0 Å². The second-order valence-corrected chi connectivity index (χ2v) is 1.98. The zero-order chi connectivity index (χ0) is 5.98. The molecule has 1 atom stereocenters. The molecule has 0 aliphatic carbocycles. The first-order valence-corrected chi connectivity index (χ1v) is 2.78. The summed E-state index contributed by atoms with van der Waals surface area (Å²) in [6.45, 7) is 4.29. The van der Waals surface area contributed by atoms with Crippen molar-refractivity contribution in [1.82, 2.24) is 0 Å². The van der Waals surface area contributed by atoms with Gasteiger partial charge in [-0.05, 0) is 18.4 Å². The predicted octanol–water partition coefficient (Wildman–Crippen LogP) is 0.671. The maximum atomic E-state index is 8.86. The standard InChI is InChI=1S/C6H10O2/c1-5-3-2-4-8-6(5)7/h6-7H,1-4H2. The Morgan fingerprint density at radius 2 is 2.50 bits per heavy atom. The monoisotopic (exact) mass is 114 g/mol. The van der Waals surface area contributed by atoms with Crippen molar-refractivity contribution in [2.45, 2.75) is 19.1 Å². The normalized spacial score (nSPS) is 30.6. The van der Waals surface area contributed by atoms with E-state index in [9.17, 15) is 0 Å². The van der Waals surface area contributed by atoms with E-state index in [4.69, 9.17) is 9.84 Å². The van der Waals surface area contributed by atoms with Crippen LogP contribution in [0.4, 0.5) is 0 Å². The van der Waals surface area contributed by atoms with Gasteiger partial charge in [0, 0.05) is 0 Å². The molecule has 1 N–H and O–H groups in total. The summed E-state index contributed by atoms with van der Waals surface area (Å²) in [7, 11) is 0. The first kappa shape index (κ1) is 5.79. The second-order valence-electron chi connectivity index (χ2n) is 1.98. The highest BCUT2D eigenvalue weighted by Crippen LogP contribution is 2.14. The minimum absolute atomic E-state index is 0.667. The minimum Gasteiger partial charge on any atom is -0.364 e. The molecule has 1 unspecified atom stereocenters. The fourth-order valence-corrected chi connectivity index (χ4v) is 0.736. The second kappa shape index (κ2) is 2.29. The molecule has 1 aliphatic heterocycles. The lowest BCUT2D eigenvalue weighted by Gasteiger charge is -2.19. The molecule has 1 saturated heterocycles. The quantitative estimate of drug-likeness (QED) is 0.469. The first-order valence-electron chi connectivity index (χ1n) is 2.78. The Hall–Kier alpha value is -0.340. The summed E-state index contributed by atoms with van der Waals surface area (Å²) >= 11 is 0. The van der Waals surface area contributed by atoms with E-state index >= 15 is 0 Å². The number of aliphatic hydroxyl groups excluding tert-OH is 1. The van der Waals surface area contributed by atoms with Crippen LogP contribution in [0.15, 0.2) is 12.2 Å². The van der Waals surface area contributed by atoms with Crippen molar-refractivity contribution in [3.8, 4) is 0 Å². The third-order valence-corrected chi connectivity index (χ3v) is 1.27. The van der Waals surface area contributed by atoms with E-state index in [-0.39, 0.29) is 0 Å². The van der Waals surface area contributed by atoms with Gasteiger partial charge in [0.15, 0.2) is 6.29 Å². The molecule has 0 saturated carbocycles. The summed E-state index contributed by atoms with van der Waals surface area (Å²) in [6.07, 6.45) is 1.21. The first-order chi connectivity index (χ1) is 3.80. The van der Waals surface area contributed by atoms with Gasteiger partial charge in [-0.2, -0.15) is 0 Å². The molecule has 2 heteroatoms. The Labute approximate surface area is 48.8 Å². The Bertz CT molecular complexity index is 98.7. The van der Waals surface area contributed by atoms with E-state index in [0.717, 1.165) is 18.4 Å². The lowest BCUT2D eigenvalue weighted by atomic mass is 10.1. The number of aliphatic hydroxyl groups is 1. The summed E-state index contributed by atoms with van der Waals surface area (Å²) in [5.41, 5.74) is 0.802. The van der Waals surface area contributed by atoms with E-state index in [2.05, 4.69) is 6.58 Å². The van der Waals surface area contributed by atoms with E-state index in [0.29, 0.717) is 6.61 Å². The lowest BCUT2D eigenvalue weighted by molar-refractivity contribution is -0.0884. The fourth-order valence-electron chi connectivity index (χ4n) is 0.736. The van der Waals surface area contributed by atoms with Crippen LogP contribution in [-0.2, 0) is 4.74 Å². The van der Waals surface area contributed by atoms with Crippen molar-refractivity contribution >= 4 is 0 Å². The van der Waals surface area contributed by atoms with Crippen molar-refractivity contribution in [1.29, 1.82) is 0 Å². The topological polar surface area (TPSA) is 29.5 Å². The van der Waals surface area contributed by atoms with Gasteiger partial charge in [0.05, 0.1) is 6.61 Å². The van der Waals surface area contributed by atoms with Crippen LogP contribution in [0.1, 0.15) is 12.8 Å². The van der Waals surface area contributed by atoms with Crippen LogP contribution in [-0.4, -0.2) is 18.0 Å². The smallest absolute Gasteiger partial charge is 0.176 e. The molecule has 1 rings (SSSR count). The van der Waals surface area contributed by atoms with Crippen LogP contribution in [0, 0.1) is 0 Å². The molecule has 0 aromatic carbocycles. The predicted molar refractivity (Wildman–Crippen MR) is 30.3 cm³/mol. The summed E-state index contributed by atoms with van der Waals surface area (Å²) in [5.74, 6) is 0. The van der Waals surface area contributed by atoms with Crippen LogP contribution in [0.2, 0.25) is 0 Å². The van der Waals surface area contributed by atoms with Gasteiger partial charge < -0.3 is 9.84 Å². The van der Waals surface area contributed by atoms with Crippen molar-refractivity contribution < 1.29 is 9.84 Å². The van der Waals surface area contributed by atoms with Gasteiger partial charge in [-0.15, -0.1) is 0 Å². The molecular weight excluding hydrogens is 104 g/mol. The van der Waals surface area contributed by atoms with Gasteiger partial charge in [0.1, 0.15) is 0 Å². The van der Waals surface area contributed by atoms with Crippen LogP contribution < -0.4 is 0 Å². The summed E-state index contributed by atoms with van der Waals surface area (Å²) in [5, 5.41) is 8.86. The molecule has 8 heavy (non-hydrogen) atoms. The molecule has 1 fully saturated rings. The third-order valence-electron chi connectivity index (χ3n) is 1.27. The lowest BCUT2D eigenvalue weighted by Crippen LogP contribution is -2.20. The van der Waals surface area contributed by atoms with Crippen molar-refractivity contribution in [3.63, 3.8) is 0 Å². The summed E-state index contributed by atoms with van der Waals surface area (Å²) in [6, 6.07) is 0. The Balaban J connectivity index is 2.39. The Kier molecular flexibility index (Phi) is 1.65. The van der Waals surface area contributed by atoms with Crippen LogP contribution in [0.5, 0.6) is 0 Å². The van der Waals surface area contributed by atoms with E-state index in [1.165, 1.54) is 0 Å². The van der Waals surface area contributed by atoms with Crippen molar-refractivity contribution in [2.24, 2.45) is 0 Å². The molecule has 1 heterocycles. The highest BCUT2D eigenvalue weighted by molar-refractivity contribution is 4.99. The van der Waals surface area contributed by atoms with Gasteiger partial charge in [-0.25, -0.2) is 0 Å². The van der Waals surface area contributed by atoms with Gasteiger partial charge in [0.25, 0.3) is 0 Å². The van der Waals surface area contributed by atoms with E-state index < -0.39 is 6.29 Å². The highest BCUT2D eigenvalue weighted by atomic mass is 16.6. The third kappa shape index (κ3) is 1.08. The number of rotatable bonds is 0. The molecule has 2 nitrogen and oxygen atoms in total. The van der Waals surface area contributed by atoms with E-state index in [1.54, 1.807) is 0 Å². The SMILES string of the molecule is C=C1CCCOC1O. The Morgan fingerprint density at radius 3 is 2.88 bits per heavy atom. The van der Waals surface area contributed by atoms with Gasteiger partial charge >= 0.3 is 0 Å². The zero-order valence-corrected chi connectivity index (χ0v) is 4.76. The van der Waals surface area contributed by atoms with Gasteiger partial charge in [0.2, 0.25) is 0 Å². The molecule has 0 amide bonds. The Morgan fingerprint density at radius 1 is 1.75 bits per heavy atom. The van der Waals surface area contributed by atoms with Crippen molar-refractivity contribution in [2.75, 3.05) is 6.61 Å². The summed E-state index contributed by atoms with van der Waals surface area (Å²) in [4.78, 5) is 0.